The fourth-order valence-corrected chi connectivity index (χ4v) is 2.34. The largest absolute Gasteiger partial charge is 0.395 e. The lowest BCUT2D eigenvalue weighted by Crippen LogP contribution is -2.34. The number of rotatable bonds is 5. The first-order chi connectivity index (χ1) is 11.1. The second-order valence-electron chi connectivity index (χ2n) is 5.05. The molecule has 1 aromatic rings. The van der Waals surface area contributed by atoms with Crippen molar-refractivity contribution in [2.75, 3.05) is 18.5 Å². The molecule has 0 bridgehead atoms. The van der Waals surface area contributed by atoms with Crippen molar-refractivity contribution in [2.24, 2.45) is 5.10 Å². The zero-order valence-corrected chi connectivity index (χ0v) is 12.1. The topological polar surface area (TPSA) is 111 Å². The first-order valence-corrected chi connectivity index (χ1v) is 7.00. The molecular formula is C15H14N4O4. The number of benzene rings is 1. The summed E-state index contributed by atoms with van der Waals surface area (Å²) in [7, 11) is 0. The van der Waals surface area contributed by atoms with E-state index in [2.05, 4.69) is 15.8 Å². The number of aliphatic hydroxyl groups is 1. The maximum absolute atomic E-state index is 12.0. The Morgan fingerprint density at radius 2 is 1.96 bits per heavy atom. The van der Waals surface area contributed by atoms with Gasteiger partial charge in [0.2, 0.25) is 5.91 Å². The maximum atomic E-state index is 12.0. The van der Waals surface area contributed by atoms with E-state index in [1.807, 2.05) is 0 Å². The third-order valence-corrected chi connectivity index (χ3v) is 3.47. The fourth-order valence-electron chi connectivity index (χ4n) is 2.34. The van der Waals surface area contributed by atoms with Gasteiger partial charge >= 0.3 is 0 Å². The summed E-state index contributed by atoms with van der Waals surface area (Å²) in [6, 6.07) is 7.01. The minimum Gasteiger partial charge on any atom is -0.395 e. The van der Waals surface area contributed by atoms with Crippen molar-refractivity contribution in [3.8, 4) is 0 Å². The van der Waals surface area contributed by atoms with E-state index in [9.17, 15) is 14.4 Å². The minimum absolute atomic E-state index is 0.0286. The van der Waals surface area contributed by atoms with Crippen molar-refractivity contribution in [3.05, 3.63) is 41.6 Å². The van der Waals surface area contributed by atoms with Gasteiger partial charge in [0.15, 0.2) is 0 Å². The second-order valence-corrected chi connectivity index (χ2v) is 5.05. The zero-order valence-electron chi connectivity index (χ0n) is 12.1. The summed E-state index contributed by atoms with van der Waals surface area (Å²) in [4.78, 5) is 35.8. The number of carbonyl (C=O) groups is 3. The smallest absolute Gasteiger partial charge is 0.277 e. The van der Waals surface area contributed by atoms with Gasteiger partial charge in [0.1, 0.15) is 5.70 Å². The van der Waals surface area contributed by atoms with Crippen LogP contribution in [0.3, 0.4) is 0 Å². The van der Waals surface area contributed by atoms with Crippen molar-refractivity contribution >= 4 is 29.1 Å². The average Bonchev–Trinajstić information content (AvgIpc) is 3.08. The Morgan fingerprint density at radius 3 is 2.57 bits per heavy atom. The van der Waals surface area contributed by atoms with Crippen molar-refractivity contribution in [2.45, 2.75) is 6.42 Å². The molecular weight excluding hydrogens is 300 g/mol. The second kappa shape index (κ2) is 6.01. The van der Waals surface area contributed by atoms with E-state index < -0.39 is 11.8 Å². The van der Waals surface area contributed by atoms with Crippen LogP contribution < -0.4 is 10.7 Å². The lowest BCUT2D eigenvalue weighted by atomic mass is 10.1. The van der Waals surface area contributed by atoms with Gasteiger partial charge in [-0.3, -0.25) is 19.3 Å². The fraction of sp³-hybridized carbons (Fsp3) is 0.200. The molecule has 3 rings (SSSR count). The predicted octanol–water partition coefficient (Wildman–Crippen LogP) is -0.433. The van der Waals surface area contributed by atoms with Gasteiger partial charge in [-0.2, -0.15) is 5.10 Å². The number of anilines is 1. The Hall–Kier alpha value is -3.00. The van der Waals surface area contributed by atoms with Crippen LogP contribution in [-0.2, 0) is 14.4 Å². The van der Waals surface area contributed by atoms with E-state index in [1.165, 1.54) is 6.08 Å². The van der Waals surface area contributed by atoms with Gasteiger partial charge in [-0.25, -0.2) is 5.43 Å². The van der Waals surface area contributed by atoms with Gasteiger partial charge in [-0.15, -0.1) is 0 Å². The molecule has 0 fully saturated rings. The van der Waals surface area contributed by atoms with Crippen LogP contribution in [0.2, 0.25) is 0 Å². The highest BCUT2D eigenvalue weighted by Crippen LogP contribution is 2.18. The number of hydrazone groups is 1. The van der Waals surface area contributed by atoms with Crippen molar-refractivity contribution in [3.63, 3.8) is 0 Å². The van der Waals surface area contributed by atoms with Crippen LogP contribution in [0.5, 0.6) is 0 Å². The number of amides is 3. The third kappa shape index (κ3) is 2.97. The van der Waals surface area contributed by atoms with E-state index >= 15 is 0 Å². The first kappa shape index (κ1) is 14.9. The number of imide groups is 1. The van der Waals surface area contributed by atoms with Gasteiger partial charge in [0, 0.05) is 11.8 Å². The van der Waals surface area contributed by atoms with Crippen LogP contribution in [-0.4, -0.2) is 46.6 Å². The van der Waals surface area contributed by atoms with Crippen molar-refractivity contribution in [1.29, 1.82) is 0 Å². The summed E-state index contributed by atoms with van der Waals surface area (Å²) in [5, 5.41) is 15.7. The maximum Gasteiger partial charge on any atom is 0.277 e. The monoisotopic (exact) mass is 314 g/mol. The molecule has 23 heavy (non-hydrogen) atoms. The molecule has 0 aliphatic carbocycles. The molecule has 3 N–H and O–H groups in total. The van der Waals surface area contributed by atoms with Crippen LogP contribution >= 0.6 is 0 Å². The molecule has 0 radical (unpaired) electrons. The summed E-state index contributed by atoms with van der Waals surface area (Å²) in [6.07, 6.45) is 1.44. The van der Waals surface area contributed by atoms with E-state index in [0.29, 0.717) is 11.4 Å². The van der Waals surface area contributed by atoms with Crippen LogP contribution in [0.25, 0.3) is 0 Å². The molecule has 2 aliphatic heterocycles. The van der Waals surface area contributed by atoms with Gasteiger partial charge in [0.25, 0.3) is 11.8 Å². The molecule has 8 heteroatoms. The molecule has 3 amide bonds. The van der Waals surface area contributed by atoms with E-state index in [-0.39, 0.29) is 31.2 Å². The summed E-state index contributed by atoms with van der Waals surface area (Å²) in [5.41, 5.74) is 4.63. The Bertz CT molecular complexity index is 736. The molecule has 0 spiro atoms. The highest BCUT2D eigenvalue weighted by atomic mass is 16.3. The molecule has 118 valence electrons. The lowest BCUT2D eigenvalue weighted by Gasteiger charge is -2.13. The van der Waals surface area contributed by atoms with Gasteiger partial charge in [-0.05, 0) is 17.7 Å². The molecule has 2 aliphatic rings. The highest BCUT2D eigenvalue weighted by Gasteiger charge is 2.30. The van der Waals surface area contributed by atoms with Gasteiger partial charge in [0.05, 0.1) is 25.3 Å². The molecule has 0 atom stereocenters. The predicted molar refractivity (Wildman–Crippen MR) is 81.3 cm³/mol. The number of β-amino-alcohol motifs (C(OH)–C–C–N with tert-alkyl or cyclic N) is 1. The summed E-state index contributed by atoms with van der Waals surface area (Å²) < 4.78 is 0. The van der Waals surface area contributed by atoms with Crippen molar-refractivity contribution < 1.29 is 19.5 Å². The Morgan fingerprint density at radius 1 is 1.22 bits per heavy atom. The third-order valence-electron chi connectivity index (χ3n) is 3.47. The van der Waals surface area contributed by atoms with Crippen LogP contribution in [0.4, 0.5) is 5.69 Å². The standard InChI is InChI=1S/C15H14N4O4/c20-6-5-19-14(22)8-12(15(19)23)16-10-3-1-9(2-4-10)11-7-13(21)18-17-11/h1-4,8,16,20H,5-7H2,(H,18,21). The minimum atomic E-state index is -0.469. The molecule has 0 aromatic heterocycles. The lowest BCUT2D eigenvalue weighted by molar-refractivity contribution is -0.137. The Kier molecular flexibility index (Phi) is 3.90. The molecule has 2 heterocycles. The number of nitrogens with one attached hydrogen (secondary N) is 2. The SMILES string of the molecule is O=C1CC(c2ccc(NC3=CC(=O)N(CCO)C3=O)cc2)=NN1. The number of carbonyl (C=O) groups excluding carboxylic acids is 3. The number of hydrogen-bond donors (Lipinski definition) is 3. The zero-order chi connectivity index (χ0) is 16.4. The quantitative estimate of drug-likeness (QED) is 0.639. The molecule has 0 saturated heterocycles. The van der Waals surface area contributed by atoms with Crippen molar-refractivity contribution in [1.82, 2.24) is 10.3 Å². The number of aliphatic hydroxyl groups excluding tert-OH is 1. The normalized spacial score (nSPS) is 17.3. The van der Waals surface area contributed by atoms with Gasteiger partial charge in [-0.1, -0.05) is 12.1 Å². The van der Waals surface area contributed by atoms with Crippen LogP contribution in [0, 0.1) is 0 Å². The van der Waals surface area contributed by atoms with E-state index in [1.54, 1.807) is 24.3 Å². The average molecular weight is 314 g/mol. The van der Waals surface area contributed by atoms with E-state index in [4.69, 9.17) is 5.11 Å². The Balaban J connectivity index is 1.70. The Labute approximate surface area is 131 Å². The van der Waals surface area contributed by atoms with E-state index in [0.717, 1.165) is 10.5 Å². The molecule has 8 nitrogen and oxygen atoms in total. The highest BCUT2D eigenvalue weighted by molar-refractivity contribution is 6.17. The van der Waals surface area contributed by atoms with Crippen LogP contribution in [0.15, 0.2) is 41.1 Å². The summed E-state index contributed by atoms with van der Waals surface area (Å²) >= 11 is 0. The first-order valence-electron chi connectivity index (χ1n) is 7.00. The molecule has 0 unspecified atom stereocenters. The summed E-state index contributed by atoms with van der Waals surface area (Å²) in [5.74, 6) is -1.07. The van der Waals surface area contributed by atoms with Gasteiger partial charge < -0.3 is 10.4 Å². The number of hydrogen-bond acceptors (Lipinski definition) is 6. The molecule has 0 saturated carbocycles. The summed E-state index contributed by atoms with van der Waals surface area (Å²) in [6.45, 7) is -0.304. The van der Waals surface area contributed by atoms with Crippen LogP contribution in [0.1, 0.15) is 12.0 Å². The number of nitrogens with zero attached hydrogens (tertiary/aromatic N) is 2. The molecule has 1 aromatic carbocycles.